The Bertz CT molecular complexity index is 1820. The van der Waals surface area contributed by atoms with Crippen molar-refractivity contribution < 1.29 is 13.7 Å². The molecule has 4 nitrogen and oxygen atoms in total. The SMILES string of the molecule is CC1(C)OB(c2ccc(N(c3ccccc3)c3ccc(-c4cccc5oc6ccccc6c45)cc3)cc2)OC1(C)C. The summed E-state index contributed by atoms with van der Waals surface area (Å²) in [5.41, 5.74) is 7.61. The van der Waals surface area contributed by atoms with Crippen LogP contribution in [0, 0.1) is 0 Å². The van der Waals surface area contributed by atoms with E-state index >= 15 is 0 Å². The minimum atomic E-state index is -0.389. The number of hydrogen-bond acceptors (Lipinski definition) is 4. The molecule has 0 spiro atoms. The van der Waals surface area contributed by atoms with Gasteiger partial charge in [0.25, 0.3) is 0 Å². The molecule has 0 N–H and O–H groups in total. The molecule has 0 unspecified atom stereocenters. The molecule has 0 amide bonds. The van der Waals surface area contributed by atoms with Crippen molar-refractivity contribution in [3.8, 4) is 11.1 Å². The first-order chi connectivity index (χ1) is 19.8. The molecule has 41 heavy (non-hydrogen) atoms. The number of hydrogen-bond donors (Lipinski definition) is 0. The number of benzene rings is 5. The summed E-state index contributed by atoms with van der Waals surface area (Å²) in [5, 5.41) is 2.28. The topological polar surface area (TPSA) is 34.8 Å². The molecular formula is C36H32BNO3. The van der Waals surface area contributed by atoms with Gasteiger partial charge in [-0.3, -0.25) is 0 Å². The quantitative estimate of drug-likeness (QED) is 0.206. The highest BCUT2D eigenvalue weighted by molar-refractivity contribution is 6.62. The van der Waals surface area contributed by atoms with E-state index in [1.807, 2.05) is 24.3 Å². The van der Waals surface area contributed by atoms with Gasteiger partial charge in [0.1, 0.15) is 11.2 Å². The van der Waals surface area contributed by atoms with E-state index < -0.39 is 0 Å². The molecule has 202 valence electrons. The number of furan rings is 1. The normalized spacial score (nSPS) is 16.0. The molecule has 7 rings (SSSR count). The van der Waals surface area contributed by atoms with Crippen molar-refractivity contribution in [3.05, 3.63) is 121 Å². The van der Waals surface area contributed by atoms with Gasteiger partial charge in [-0.15, -0.1) is 0 Å². The third-order valence-electron chi connectivity index (χ3n) is 8.53. The molecule has 0 radical (unpaired) electrons. The maximum absolute atomic E-state index is 6.28. The van der Waals surface area contributed by atoms with Gasteiger partial charge < -0.3 is 18.6 Å². The Balaban J connectivity index is 1.25. The van der Waals surface area contributed by atoms with Crippen molar-refractivity contribution in [2.45, 2.75) is 38.9 Å². The molecule has 5 heteroatoms. The van der Waals surface area contributed by atoms with Crippen LogP contribution in [0.3, 0.4) is 0 Å². The van der Waals surface area contributed by atoms with Gasteiger partial charge in [0.15, 0.2) is 0 Å². The zero-order valence-corrected chi connectivity index (χ0v) is 23.8. The summed E-state index contributed by atoms with van der Waals surface area (Å²) in [5.74, 6) is 0. The van der Waals surface area contributed by atoms with Gasteiger partial charge in [-0.1, -0.05) is 72.8 Å². The van der Waals surface area contributed by atoms with Crippen LogP contribution in [0.15, 0.2) is 126 Å². The molecule has 1 aromatic heterocycles. The second-order valence-corrected chi connectivity index (χ2v) is 11.7. The summed E-state index contributed by atoms with van der Waals surface area (Å²) in [4.78, 5) is 2.27. The molecule has 2 heterocycles. The van der Waals surface area contributed by atoms with Crippen molar-refractivity contribution >= 4 is 51.6 Å². The van der Waals surface area contributed by atoms with E-state index in [0.717, 1.165) is 55.6 Å². The van der Waals surface area contributed by atoms with Crippen molar-refractivity contribution in [2.75, 3.05) is 4.90 Å². The Morgan fingerprint density at radius 3 is 1.78 bits per heavy atom. The van der Waals surface area contributed by atoms with Crippen molar-refractivity contribution in [1.82, 2.24) is 0 Å². The van der Waals surface area contributed by atoms with Crippen LogP contribution in [0.2, 0.25) is 0 Å². The molecule has 5 aromatic carbocycles. The molecule has 0 aliphatic carbocycles. The molecule has 0 bridgehead atoms. The maximum Gasteiger partial charge on any atom is 0.494 e. The van der Waals surface area contributed by atoms with Gasteiger partial charge in [-0.05, 0) is 92.8 Å². The number of rotatable bonds is 5. The summed E-state index contributed by atoms with van der Waals surface area (Å²) in [7, 11) is -0.389. The van der Waals surface area contributed by atoms with Gasteiger partial charge in [0.2, 0.25) is 0 Å². The van der Waals surface area contributed by atoms with E-state index in [4.69, 9.17) is 13.7 Å². The van der Waals surface area contributed by atoms with Crippen LogP contribution >= 0.6 is 0 Å². The molecule has 1 fully saturated rings. The molecule has 0 atom stereocenters. The lowest BCUT2D eigenvalue weighted by atomic mass is 9.79. The van der Waals surface area contributed by atoms with Crippen molar-refractivity contribution in [2.24, 2.45) is 0 Å². The van der Waals surface area contributed by atoms with Gasteiger partial charge in [-0.2, -0.15) is 0 Å². The van der Waals surface area contributed by atoms with Gasteiger partial charge in [-0.25, -0.2) is 0 Å². The fraction of sp³-hybridized carbons (Fsp3) is 0.167. The van der Waals surface area contributed by atoms with Gasteiger partial charge in [0, 0.05) is 27.8 Å². The fourth-order valence-electron chi connectivity index (χ4n) is 5.59. The van der Waals surface area contributed by atoms with Gasteiger partial charge in [0.05, 0.1) is 11.2 Å². The lowest BCUT2D eigenvalue weighted by Gasteiger charge is -2.32. The minimum absolute atomic E-state index is 0.374. The van der Waals surface area contributed by atoms with E-state index in [0.29, 0.717) is 0 Å². The van der Waals surface area contributed by atoms with E-state index in [-0.39, 0.29) is 18.3 Å². The second kappa shape index (κ2) is 9.65. The Morgan fingerprint density at radius 1 is 0.537 bits per heavy atom. The third-order valence-corrected chi connectivity index (χ3v) is 8.53. The molecule has 1 saturated heterocycles. The Kier molecular flexibility index (Phi) is 6.04. The standard InChI is InChI=1S/C36H32BNO3/c1-35(2)36(3,4)41-37(40-35)26-19-23-29(24-20-26)38(27-11-6-5-7-12-27)28-21-17-25(18-22-28)30-14-10-16-33-34(30)31-13-8-9-15-32(31)39-33/h5-24H,1-4H3. The highest BCUT2D eigenvalue weighted by atomic mass is 16.7. The van der Waals surface area contributed by atoms with E-state index in [9.17, 15) is 0 Å². The van der Waals surface area contributed by atoms with Crippen LogP contribution in [0.5, 0.6) is 0 Å². The number of nitrogens with zero attached hydrogens (tertiary/aromatic N) is 1. The van der Waals surface area contributed by atoms with Gasteiger partial charge >= 0.3 is 7.12 Å². The molecular weight excluding hydrogens is 505 g/mol. The third kappa shape index (κ3) is 4.42. The summed E-state index contributed by atoms with van der Waals surface area (Å²) in [6.07, 6.45) is 0. The monoisotopic (exact) mass is 537 g/mol. The first kappa shape index (κ1) is 25.6. The lowest BCUT2D eigenvalue weighted by molar-refractivity contribution is 0.00578. The first-order valence-electron chi connectivity index (χ1n) is 14.1. The maximum atomic E-state index is 6.28. The second-order valence-electron chi connectivity index (χ2n) is 11.7. The zero-order chi connectivity index (χ0) is 28.2. The number of fused-ring (bicyclic) bond motifs is 3. The average molecular weight is 537 g/mol. The Morgan fingerprint density at radius 2 is 1.10 bits per heavy atom. The van der Waals surface area contributed by atoms with Crippen LogP contribution in [-0.2, 0) is 9.31 Å². The largest absolute Gasteiger partial charge is 0.494 e. The summed E-state index contributed by atoms with van der Waals surface area (Å²) >= 11 is 0. The van der Waals surface area contributed by atoms with Crippen LogP contribution in [0.4, 0.5) is 17.1 Å². The van der Waals surface area contributed by atoms with E-state index in [1.54, 1.807) is 0 Å². The first-order valence-corrected chi connectivity index (χ1v) is 14.1. The number of anilines is 3. The minimum Gasteiger partial charge on any atom is -0.456 e. The van der Waals surface area contributed by atoms with Crippen molar-refractivity contribution in [3.63, 3.8) is 0 Å². The molecule has 1 aliphatic heterocycles. The summed E-state index contributed by atoms with van der Waals surface area (Å²) in [6.45, 7) is 8.32. The molecule has 6 aromatic rings. The number of para-hydroxylation sites is 2. The fourth-order valence-corrected chi connectivity index (χ4v) is 5.59. The highest BCUT2D eigenvalue weighted by Gasteiger charge is 2.51. The molecule has 0 saturated carbocycles. The summed E-state index contributed by atoms with van der Waals surface area (Å²) < 4.78 is 18.7. The lowest BCUT2D eigenvalue weighted by Crippen LogP contribution is -2.41. The Labute approximate surface area is 241 Å². The summed E-state index contributed by atoms with van der Waals surface area (Å²) in [6, 6.07) is 42.2. The van der Waals surface area contributed by atoms with Crippen LogP contribution in [0.25, 0.3) is 33.1 Å². The van der Waals surface area contributed by atoms with Crippen LogP contribution in [0.1, 0.15) is 27.7 Å². The van der Waals surface area contributed by atoms with Crippen LogP contribution in [-0.4, -0.2) is 18.3 Å². The smallest absolute Gasteiger partial charge is 0.456 e. The predicted octanol–water partition coefficient (Wildman–Crippen LogP) is 9.02. The predicted molar refractivity (Wildman–Crippen MR) is 170 cm³/mol. The average Bonchev–Trinajstić information content (AvgIpc) is 3.47. The van der Waals surface area contributed by atoms with E-state index in [1.165, 1.54) is 0 Å². The van der Waals surface area contributed by atoms with Crippen molar-refractivity contribution in [1.29, 1.82) is 0 Å². The molecule has 1 aliphatic rings. The highest BCUT2D eigenvalue weighted by Crippen LogP contribution is 2.40. The van der Waals surface area contributed by atoms with Crippen LogP contribution < -0.4 is 10.4 Å². The Hall–Kier alpha value is -4.32. The zero-order valence-electron chi connectivity index (χ0n) is 23.8. The van der Waals surface area contributed by atoms with E-state index in [2.05, 4.69) is 130 Å².